The number of hydrogen-bond donors (Lipinski definition) is 0. The summed E-state index contributed by atoms with van der Waals surface area (Å²) in [6.45, 7) is 4.54. The first kappa shape index (κ1) is 32.7. The summed E-state index contributed by atoms with van der Waals surface area (Å²) in [4.78, 5) is 9.61. The highest BCUT2D eigenvalue weighted by Gasteiger charge is 2.34. The molecular formula is C47H32N4S2. The van der Waals surface area contributed by atoms with Gasteiger partial charge < -0.3 is 9.80 Å². The van der Waals surface area contributed by atoms with Crippen molar-refractivity contribution in [3.05, 3.63) is 168 Å². The smallest absolute Gasteiger partial charge is 0.0991 e. The van der Waals surface area contributed by atoms with Crippen molar-refractivity contribution < 1.29 is 0 Å². The lowest BCUT2D eigenvalue weighted by molar-refractivity contribution is 0.870. The molecule has 0 atom stereocenters. The van der Waals surface area contributed by atoms with Crippen molar-refractivity contribution in [2.75, 3.05) is 9.80 Å². The van der Waals surface area contributed by atoms with Crippen LogP contribution in [0.4, 0.5) is 34.1 Å². The summed E-state index contributed by atoms with van der Waals surface area (Å²) in [5.74, 6) is 0.0827. The van der Waals surface area contributed by atoms with Crippen LogP contribution in [0.25, 0.3) is 22.3 Å². The molecule has 0 saturated heterocycles. The second kappa shape index (κ2) is 13.4. The first-order chi connectivity index (χ1) is 26.0. The van der Waals surface area contributed by atoms with Gasteiger partial charge in [0.15, 0.2) is 0 Å². The van der Waals surface area contributed by atoms with Crippen LogP contribution in [0, 0.1) is 22.7 Å². The van der Waals surface area contributed by atoms with Gasteiger partial charge in [-0.2, -0.15) is 10.5 Å². The third-order valence-corrected chi connectivity index (χ3v) is 12.1. The monoisotopic (exact) mass is 716 g/mol. The molecule has 0 N–H and O–H groups in total. The van der Waals surface area contributed by atoms with Crippen LogP contribution in [0.15, 0.2) is 171 Å². The molecule has 2 aliphatic heterocycles. The lowest BCUT2D eigenvalue weighted by Gasteiger charge is -2.39. The number of para-hydroxylation sites is 4. The zero-order valence-electron chi connectivity index (χ0n) is 29.1. The predicted octanol–water partition coefficient (Wildman–Crippen LogP) is 13.8. The molecular weight excluding hydrogens is 685 g/mol. The van der Waals surface area contributed by atoms with Crippen LogP contribution in [0.3, 0.4) is 0 Å². The van der Waals surface area contributed by atoms with E-state index in [2.05, 4.69) is 163 Å². The number of anilines is 6. The topological polar surface area (TPSA) is 54.1 Å². The number of fused-ring (bicyclic) bond motifs is 4. The molecule has 9 rings (SSSR count). The van der Waals surface area contributed by atoms with Crippen molar-refractivity contribution in [2.24, 2.45) is 0 Å². The fraction of sp³-hybridized carbons (Fsp3) is 0.0638. The van der Waals surface area contributed by atoms with Gasteiger partial charge in [0.05, 0.1) is 57.4 Å². The molecule has 4 nitrogen and oxygen atoms in total. The fourth-order valence-electron chi connectivity index (χ4n) is 7.56. The van der Waals surface area contributed by atoms with Gasteiger partial charge >= 0.3 is 0 Å². The van der Waals surface area contributed by atoms with E-state index in [0.29, 0.717) is 11.1 Å². The number of rotatable bonds is 5. The maximum Gasteiger partial charge on any atom is 0.0991 e. The molecule has 0 aromatic heterocycles. The van der Waals surface area contributed by atoms with Crippen LogP contribution in [0.1, 0.15) is 36.5 Å². The van der Waals surface area contributed by atoms with Crippen LogP contribution >= 0.6 is 23.5 Å². The Morgan fingerprint density at radius 1 is 0.434 bits per heavy atom. The van der Waals surface area contributed by atoms with Crippen molar-refractivity contribution in [3.8, 4) is 34.4 Å². The van der Waals surface area contributed by atoms with Gasteiger partial charge in [0.1, 0.15) is 0 Å². The molecule has 7 aromatic carbocycles. The first-order valence-corrected chi connectivity index (χ1v) is 19.2. The summed E-state index contributed by atoms with van der Waals surface area (Å²) in [5.41, 5.74) is 13.3. The standard InChI is InChI=1S/C47H32N4S2/c1-30(2)45-46(33-23-19-31(28-48)20-24-33)39(50-35-11-3-7-15-41(35)52-42-16-8-4-12-36(42)50)27-40(47(45)34-25-21-32(29-49)22-26-34)51-37-13-5-9-17-43(37)53-44-18-10-6-14-38(44)51/h3-27,30H,1-2H3. The van der Waals surface area contributed by atoms with E-state index < -0.39 is 0 Å². The molecule has 0 aliphatic carbocycles. The number of nitriles is 2. The normalized spacial score (nSPS) is 12.6. The molecule has 7 aromatic rings. The third-order valence-electron chi connectivity index (χ3n) is 9.85. The second-order valence-electron chi connectivity index (χ2n) is 13.4. The molecule has 0 amide bonds. The van der Waals surface area contributed by atoms with Crippen LogP contribution in [0.2, 0.25) is 0 Å². The van der Waals surface area contributed by atoms with Crippen LogP contribution in [-0.2, 0) is 0 Å². The van der Waals surface area contributed by atoms with Crippen LogP contribution < -0.4 is 9.80 Å². The van der Waals surface area contributed by atoms with E-state index in [-0.39, 0.29) is 5.92 Å². The van der Waals surface area contributed by atoms with E-state index in [1.54, 1.807) is 23.5 Å². The van der Waals surface area contributed by atoms with Gasteiger partial charge in [0.2, 0.25) is 0 Å². The van der Waals surface area contributed by atoms with Crippen LogP contribution in [-0.4, -0.2) is 0 Å². The molecule has 2 heterocycles. The number of benzene rings is 7. The molecule has 0 fully saturated rings. The van der Waals surface area contributed by atoms with E-state index in [1.807, 2.05) is 24.3 Å². The van der Waals surface area contributed by atoms with Gasteiger partial charge in [-0.05, 0) is 101 Å². The lowest BCUT2D eigenvalue weighted by Crippen LogP contribution is -2.20. The average Bonchev–Trinajstić information content (AvgIpc) is 3.21. The molecule has 0 saturated carbocycles. The number of nitrogens with zero attached hydrogens (tertiary/aromatic N) is 4. The highest BCUT2D eigenvalue weighted by atomic mass is 32.2. The zero-order valence-corrected chi connectivity index (χ0v) is 30.7. The molecule has 6 heteroatoms. The fourth-order valence-corrected chi connectivity index (χ4v) is 9.68. The third kappa shape index (κ3) is 5.56. The van der Waals surface area contributed by atoms with E-state index in [1.165, 1.54) is 25.1 Å². The number of hydrogen-bond acceptors (Lipinski definition) is 6. The zero-order chi connectivity index (χ0) is 36.1. The van der Waals surface area contributed by atoms with E-state index in [0.717, 1.165) is 56.4 Å². The quantitative estimate of drug-likeness (QED) is 0.177. The highest BCUT2D eigenvalue weighted by Crippen LogP contribution is 2.59. The Balaban J connectivity index is 1.47. The minimum atomic E-state index is 0.0827. The SMILES string of the molecule is CC(C)c1c(-c2ccc(C#N)cc2)c(N2c3ccccc3Sc3ccccc32)cc(N2c3ccccc3Sc3ccccc32)c1-c1ccc(C#N)cc1. The minimum absolute atomic E-state index is 0.0827. The van der Waals surface area contributed by atoms with Gasteiger partial charge in [0, 0.05) is 30.7 Å². The maximum absolute atomic E-state index is 9.80. The van der Waals surface area contributed by atoms with Crippen LogP contribution in [0.5, 0.6) is 0 Å². The van der Waals surface area contributed by atoms with E-state index in [4.69, 9.17) is 0 Å². The predicted molar refractivity (Wildman–Crippen MR) is 218 cm³/mol. The Hall–Kier alpha value is -6.18. The molecule has 0 radical (unpaired) electrons. The van der Waals surface area contributed by atoms with E-state index in [9.17, 15) is 10.5 Å². The lowest BCUT2D eigenvalue weighted by atomic mass is 9.82. The van der Waals surface area contributed by atoms with Crippen molar-refractivity contribution in [1.29, 1.82) is 10.5 Å². The maximum atomic E-state index is 9.80. The van der Waals surface area contributed by atoms with E-state index >= 15 is 0 Å². The summed E-state index contributed by atoms with van der Waals surface area (Å²) >= 11 is 3.60. The summed E-state index contributed by atoms with van der Waals surface area (Å²) in [6, 6.07) is 57.6. The Kier molecular flexibility index (Phi) is 8.28. The van der Waals surface area contributed by atoms with Gasteiger partial charge in [0.25, 0.3) is 0 Å². The molecule has 252 valence electrons. The van der Waals surface area contributed by atoms with Crippen molar-refractivity contribution in [1.82, 2.24) is 0 Å². The largest absolute Gasteiger partial charge is 0.308 e. The van der Waals surface area contributed by atoms with Crippen molar-refractivity contribution in [2.45, 2.75) is 39.3 Å². The molecule has 0 spiro atoms. The van der Waals surface area contributed by atoms with Gasteiger partial charge in [-0.1, -0.05) is 110 Å². The molecule has 0 unspecified atom stereocenters. The molecule has 0 bridgehead atoms. The highest BCUT2D eigenvalue weighted by molar-refractivity contribution is 8.00. The Morgan fingerprint density at radius 2 is 0.755 bits per heavy atom. The van der Waals surface area contributed by atoms with Crippen molar-refractivity contribution >= 4 is 57.6 Å². The van der Waals surface area contributed by atoms with Gasteiger partial charge in [-0.15, -0.1) is 0 Å². The van der Waals surface area contributed by atoms with Gasteiger partial charge in [-0.25, -0.2) is 0 Å². The molecule has 53 heavy (non-hydrogen) atoms. The Labute approximate surface area is 318 Å². The van der Waals surface area contributed by atoms with Crippen molar-refractivity contribution in [3.63, 3.8) is 0 Å². The molecule has 2 aliphatic rings. The second-order valence-corrected chi connectivity index (χ2v) is 15.5. The minimum Gasteiger partial charge on any atom is -0.308 e. The Bertz CT molecular complexity index is 2360. The van der Waals surface area contributed by atoms with Gasteiger partial charge in [-0.3, -0.25) is 0 Å². The summed E-state index contributed by atoms with van der Waals surface area (Å²) < 4.78 is 0. The first-order valence-electron chi connectivity index (χ1n) is 17.6. The summed E-state index contributed by atoms with van der Waals surface area (Å²) in [7, 11) is 0. The average molecular weight is 717 g/mol. The summed E-state index contributed by atoms with van der Waals surface area (Å²) in [6.07, 6.45) is 0. The summed E-state index contributed by atoms with van der Waals surface area (Å²) in [5, 5.41) is 19.6. The Morgan fingerprint density at radius 3 is 1.06 bits per heavy atom.